The number of carbonyl (C=O) groups is 3. The van der Waals surface area contributed by atoms with Crippen molar-refractivity contribution in [1.29, 1.82) is 0 Å². The molecule has 0 atom stereocenters. The van der Waals surface area contributed by atoms with Crippen LogP contribution in [0.25, 0.3) is 0 Å². The fourth-order valence-electron chi connectivity index (χ4n) is 2.15. The number of hydrogen-bond donors (Lipinski definition) is 2. The number of nitrogens with one attached hydrogen (secondary N) is 1. The van der Waals surface area contributed by atoms with Gasteiger partial charge in [-0.25, -0.2) is 9.59 Å². The highest BCUT2D eigenvalue weighted by Gasteiger charge is 2.25. The minimum Gasteiger partial charge on any atom is -0.478 e. The molecule has 0 aromatic rings. The van der Waals surface area contributed by atoms with Gasteiger partial charge in [-0.05, 0) is 19.8 Å². The lowest BCUT2D eigenvalue weighted by Gasteiger charge is -2.27. The molecule has 0 radical (unpaired) electrons. The highest BCUT2D eigenvalue weighted by Crippen LogP contribution is 2.23. The van der Waals surface area contributed by atoms with Crippen LogP contribution in [0.3, 0.4) is 0 Å². The second-order valence-electron chi connectivity index (χ2n) is 4.19. The SMILES string of the molecule is CCN(C(=O)NC(=O)/C=C/C(=O)O)C1CCCC1. The number of amides is 3. The molecule has 6 nitrogen and oxygen atoms in total. The van der Waals surface area contributed by atoms with Crippen molar-refractivity contribution in [2.75, 3.05) is 6.54 Å². The van der Waals surface area contributed by atoms with Crippen LogP contribution in [0, 0.1) is 0 Å². The fraction of sp³-hybridized carbons (Fsp3) is 0.583. The first kappa shape index (κ1) is 14.2. The Morgan fingerprint density at radius 2 is 1.89 bits per heavy atom. The van der Waals surface area contributed by atoms with Crippen LogP contribution in [0.5, 0.6) is 0 Å². The summed E-state index contributed by atoms with van der Waals surface area (Å²) in [5.41, 5.74) is 0. The van der Waals surface area contributed by atoms with Crippen molar-refractivity contribution in [2.24, 2.45) is 0 Å². The third kappa shape index (κ3) is 4.20. The Balaban J connectivity index is 2.51. The molecule has 0 unspecified atom stereocenters. The van der Waals surface area contributed by atoms with Crippen LogP contribution in [0.1, 0.15) is 32.6 Å². The molecule has 0 aliphatic heterocycles. The van der Waals surface area contributed by atoms with Crippen LogP contribution in [-0.4, -0.2) is 40.5 Å². The average Bonchev–Trinajstić information content (AvgIpc) is 2.81. The maximum atomic E-state index is 11.8. The van der Waals surface area contributed by atoms with Crippen molar-refractivity contribution in [3.63, 3.8) is 0 Å². The zero-order chi connectivity index (χ0) is 13.5. The molecule has 100 valence electrons. The van der Waals surface area contributed by atoms with E-state index in [0.29, 0.717) is 12.6 Å². The predicted molar refractivity (Wildman–Crippen MR) is 65.0 cm³/mol. The van der Waals surface area contributed by atoms with E-state index < -0.39 is 17.9 Å². The smallest absolute Gasteiger partial charge is 0.328 e. The summed E-state index contributed by atoms with van der Waals surface area (Å²) in [4.78, 5) is 35.0. The number of imide groups is 1. The Bertz CT molecular complexity index is 359. The molecule has 1 saturated carbocycles. The maximum absolute atomic E-state index is 11.8. The first-order valence-corrected chi connectivity index (χ1v) is 6.07. The summed E-state index contributed by atoms with van der Waals surface area (Å²) in [6, 6.07) is -0.268. The van der Waals surface area contributed by atoms with E-state index in [9.17, 15) is 14.4 Å². The van der Waals surface area contributed by atoms with E-state index in [1.807, 2.05) is 6.92 Å². The van der Waals surface area contributed by atoms with Gasteiger partial charge in [0, 0.05) is 24.7 Å². The molecule has 0 aromatic carbocycles. The number of carboxylic acid groups (broad SMARTS) is 1. The van der Waals surface area contributed by atoms with E-state index >= 15 is 0 Å². The Kier molecular flexibility index (Phi) is 5.35. The van der Waals surface area contributed by atoms with E-state index in [-0.39, 0.29) is 6.04 Å². The Morgan fingerprint density at radius 3 is 2.39 bits per heavy atom. The summed E-state index contributed by atoms with van der Waals surface area (Å²) in [7, 11) is 0. The summed E-state index contributed by atoms with van der Waals surface area (Å²) < 4.78 is 0. The number of hydrogen-bond acceptors (Lipinski definition) is 3. The largest absolute Gasteiger partial charge is 0.478 e. The monoisotopic (exact) mass is 254 g/mol. The molecule has 0 heterocycles. The van der Waals surface area contributed by atoms with E-state index in [4.69, 9.17) is 5.11 Å². The van der Waals surface area contributed by atoms with Crippen molar-refractivity contribution in [2.45, 2.75) is 38.6 Å². The van der Waals surface area contributed by atoms with Gasteiger partial charge in [0.15, 0.2) is 0 Å². The lowest BCUT2D eigenvalue weighted by Crippen LogP contribution is -2.46. The molecular weight excluding hydrogens is 236 g/mol. The van der Waals surface area contributed by atoms with Crippen LogP contribution in [0.15, 0.2) is 12.2 Å². The van der Waals surface area contributed by atoms with E-state index in [2.05, 4.69) is 5.32 Å². The second-order valence-corrected chi connectivity index (χ2v) is 4.19. The van der Waals surface area contributed by atoms with Gasteiger partial charge in [-0.3, -0.25) is 10.1 Å². The molecule has 0 bridgehead atoms. The Morgan fingerprint density at radius 1 is 1.28 bits per heavy atom. The first-order chi connectivity index (χ1) is 8.54. The molecule has 2 N–H and O–H groups in total. The molecule has 6 heteroatoms. The van der Waals surface area contributed by atoms with Crippen molar-refractivity contribution >= 4 is 17.9 Å². The average molecular weight is 254 g/mol. The van der Waals surface area contributed by atoms with Crippen molar-refractivity contribution in [3.8, 4) is 0 Å². The van der Waals surface area contributed by atoms with Gasteiger partial charge in [-0.15, -0.1) is 0 Å². The third-order valence-electron chi connectivity index (χ3n) is 2.97. The molecule has 0 aromatic heterocycles. The third-order valence-corrected chi connectivity index (χ3v) is 2.97. The highest BCUT2D eigenvalue weighted by molar-refractivity contribution is 6.02. The quantitative estimate of drug-likeness (QED) is 0.736. The molecule has 1 aliphatic rings. The predicted octanol–water partition coefficient (Wildman–Crippen LogP) is 1.13. The number of urea groups is 1. The molecule has 18 heavy (non-hydrogen) atoms. The number of carboxylic acids is 1. The fourth-order valence-corrected chi connectivity index (χ4v) is 2.15. The normalized spacial score (nSPS) is 15.8. The van der Waals surface area contributed by atoms with Gasteiger partial charge in [0.25, 0.3) is 5.91 Å². The van der Waals surface area contributed by atoms with Gasteiger partial charge in [-0.1, -0.05) is 12.8 Å². The van der Waals surface area contributed by atoms with Gasteiger partial charge in [-0.2, -0.15) is 0 Å². The maximum Gasteiger partial charge on any atom is 0.328 e. The standard InChI is InChI=1S/C12H18N2O4/c1-2-14(9-5-3-4-6-9)12(18)13-10(15)7-8-11(16)17/h7-9H,2-6H2,1H3,(H,16,17)(H,13,15,18)/b8-7+. The van der Waals surface area contributed by atoms with Crippen LogP contribution in [-0.2, 0) is 9.59 Å². The van der Waals surface area contributed by atoms with Crippen molar-refractivity contribution in [1.82, 2.24) is 10.2 Å². The van der Waals surface area contributed by atoms with Crippen molar-refractivity contribution < 1.29 is 19.5 Å². The second kappa shape index (κ2) is 6.78. The molecule has 3 amide bonds. The summed E-state index contributed by atoms with van der Waals surface area (Å²) in [6.07, 6.45) is 5.65. The number of rotatable bonds is 4. The Hall–Kier alpha value is -1.85. The molecular formula is C12H18N2O4. The zero-order valence-corrected chi connectivity index (χ0v) is 10.4. The van der Waals surface area contributed by atoms with Crippen LogP contribution in [0.2, 0.25) is 0 Å². The molecule has 1 fully saturated rings. The molecule has 0 spiro atoms. The summed E-state index contributed by atoms with van der Waals surface area (Å²) in [5.74, 6) is -1.93. The number of aliphatic carboxylic acids is 1. The lowest BCUT2D eigenvalue weighted by molar-refractivity contribution is -0.131. The van der Waals surface area contributed by atoms with Crippen LogP contribution >= 0.6 is 0 Å². The first-order valence-electron chi connectivity index (χ1n) is 6.07. The van der Waals surface area contributed by atoms with Crippen LogP contribution in [0.4, 0.5) is 4.79 Å². The van der Waals surface area contributed by atoms with Crippen LogP contribution < -0.4 is 5.32 Å². The zero-order valence-electron chi connectivity index (χ0n) is 10.4. The van der Waals surface area contributed by atoms with Crippen molar-refractivity contribution in [3.05, 3.63) is 12.2 Å². The van der Waals surface area contributed by atoms with Gasteiger partial charge < -0.3 is 10.0 Å². The molecule has 1 aliphatic carbocycles. The minimum atomic E-state index is -1.22. The van der Waals surface area contributed by atoms with Gasteiger partial charge in [0.2, 0.25) is 0 Å². The van der Waals surface area contributed by atoms with E-state index in [1.165, 1.54) is 0 Å². The highest BCUT2D eigenvalue weighted by atomic mass is 16.4. The minimum absolute atomic E-state index is 0.186. The topological polar surface area (TPSA) is 86.7 Å². The number of nitrogens with zero attached hydrogens (tertiary/aromatic N) is 1. The molecule has 1 rings (SSSR count). The lowest BCUT2D eigenvalue weighted by atomic mass is 10.2. The summed E-state index contributed by atoms with van der Waals surface area (Å²) >= 11 is 0. The Labute approximate surface area is 106 Å². The molecule has 0 saturated heterocycles. The van der Waals surface area contributed by atoms with E-state index in [0.717, 1.165) is 31.8 Å². The summed E-state index contributed by atoms with van der Waals surface area (Å²) in [6.45, 7) is 2.39. The van der Waals surface area contributed by atoms with E-state index in [1.54, 1.807) is 4.90 Å². The number of carbonyl (C=O) groups excluding carboxylic acids is 2. The summed E-state index contributed by atoms with van der Waals surface area (Å²) in [5, 5.41) is 10.5. The van der Waals surface area contributed by atoms with Gasteiger partial charge in [0.05, 0.1) is 0 Å². The van der Waals surface area contributed by atoms with Gasteiger partial charge in [0.1, 0.15) is 0 Å². The van der Waals surface area contributed by atoms with Gasteiger partial charge >= 0.3 is 12.0 Å².